The third-order valence-corrected chi connectivity index (χ3v) is 2.79. The molecule has 0 aromatic rings. The van der Waals surface area contributed by atoms with Gasteiger partial charge in [0, 0.05) is 0 Å². The molecule has 4 N–H and O–H groups in total. The molecule has 0 saturated heterocycles. The summed E-state index contributed by atoms with van der Waals surface area (Å²) in [5.41, 5.74) is 5.34. The Hall–Kier alpha value is -0.610. The SMILES string of the molecule is NC(C(=O)O)C(O)C1CCCCC1. The summed E-state index contributed by atoms with van der Waals surface area (Å²) in [5, 5.41) is 18.2. The Morgan fingerprint density at radius 2 is 1.85 bits per heavy atom. The molecule has 13 heavy (non-hydrogen) atoms. The standard InChI is InChI=1S/C9H17NO3/c10-7(9(12)13)8(11)6-4-2-1-3-5-6/h6-8,11H,1-5,10H2,(H,12,13). The third-order valence-electron chi connectivity index (χ3n) is 2.79. The number of aliphatic hydroxyl groups is 1. The van der Waals surface area contributed by atoms with Gasteiger partial charge in [0.2, 0.25) is 0 Å². The number of nitrogens with two attached hydrogens (primary N) is 1. The maximum atomic E-state index is 10.5. The van der Waals surface area contributed by atoms with Crippen LogP contribution in [0.5, 0.6) is 0 Å². The summed E-state index contributed by atoms with van der Waals surface area (Å²) in [5.74, 6) is -1.03. The molecule has 0 heterocycles. The van der Waals surface area contributed by atoms with Crippen LogP contribution < -0.4 is 5.73 Å². The molecule has 1 fully saturated rings. The summed E-state index contributed by atoms with van der Waals surface area (Å²) in [4.78, 5) is 10.5. The van der Waals surface area contributed by atoms with Crippen LogP contribution in [0.4, 0.5) is 0 Å². The summed E-state index contributed by atoms with van der Waals surface area (Å²) in [6.07, 6.45) is 4.27. The Bertz CT molecular complexity index is 178. The zero-order valence-corrected chi connectivity index (χ0v) is 7.65. The van der Waals surface area contributed by atoms with Crippen LogP contribution in [0.1, 0.15) is 32.1 Å². The summed E-state index contributed by atoms with van der Waals surface area (Å²) in [6.45, 7) is 0. The fraction of sp³-hybridized carbons (Fsp3) is 0.889. The molecule has 0 aliphatic heterocycles. The Labute approximate surface area is 77.7 Å². The van der Waals surface area contributed by atoms with Crippen molar-refractivity contribution < 1.29 is 15.0 Å². The van der Waals surface area contributed by atoms with Crippen molar-refractivity contribution in [2.75, 3.05) is 0 Å². The quantitative estimate of drug-likeness (QED) is 0.595. The lowest BCUT2D eigenvalue weighted by Crippen LogP contribution is -2.46. The van der Waals surface area contributed by atoms with E-state index in [2.05, 4.69) is 0 Å². The van der Waals surface area contributed by atoms with Crippen LogP contribution in [0.25, 0.3) is 0 Å². The molecule has 2 atom stereocenters. The largest absolute Gasteiger partial charge is 0.480 e. The molecule has 0 aromatic heterocycles. The van der Waals surface area contributed by atoms with E-state index in [0.717, 1.165) is 25.7 Å². The zero-order chi connectivity index (χ0) is 9.84. The maximum absolute atomic E-state index is 10.5. The van der Waals surface area contributed by atoms with Crippen molar-refractivity contribution in [1.82, 2.24) is 0 Å². The maximum Gasteiger partial charge on any atom is 0.323 e. The van der Waals surface area contributed by atoms with Gasteiger partial charge in [-0.3, -0.25) is 4.79 Å². The molecule has 1 saturated carbocycles. The topological polar surface area (TPSA) is 83.6 Å². The summed E-state index contributed by atoms with van der Waals surface area (Å²) < 4.78 is 0. The van der Waals surface area contributed by atoms with E-state index in [1.807, 2.05) is 0 Å². The number of aliphatic carboxylic acids is 1. The summed E-state index contributed by atoms with van der Waals surface area (Å²) in [6, 6.07) is -1.12. The van der Waals surface area contributed by atoms with E-state index in [1.165, 1.54) is 6.42 Å². The second kappa shape index (κ2) is 4.58. The van der Waals surface area contributed by atoms with Gasteiger partial charge in [-0.15, -0.1) is 0 Å². The Morgan fingerprint density at radius 1 is 1.31 bits per heavy atom. The van der Waals surface area contributed by atoms with Crippen LogP contribution in [0.3, 0.4) is 0 Å². The molecule has 0 radical (unpaired) electrons. The van der Waals surface area contributed by atoms with Gasteiger partial charge in [0.05, 0.1) is 6.10 Å². The minimum absolute atomic E-state index is 0.0832. The number of carboxylic acids is 1. The van der Waals surface area contributed by atoms with Crippen molar-refractivity contribution >= 4 is 5.97 Å². The third kappa shape index (κ3) is 2.67. The van der Waals surface area contributed by atoms with E-state index >= 15 is 0 Å². The van der Waals surface area contributed by atoms with Gasteiger partial charge >= 0.3 is 5.97 Å². The monoisotopic (exact) mass is 187 g/mol. The van der Waals surface area contributed by atoms with Crippen molar-refractivity contribution in [3.8, 4) is 0 Å². The second-order valence-corrected chi connectivity index (χ2v) is 3.75. The van der Waals surface area contributed by atoms with E-state index in [0.29, 0.717) is 0 Å². The lowest BCUT2D eigenvalue weighted by molar-refractivity contribution is -0.142. The zero-order valence-electron chi connectivity index (χ0n) is 7.65. The summed E-state index contributed by atoms with van der Waals surface area (Å²) in [7, 11) is 0. The van der Waals surface area contributed by atoms with Crippen molar-refractivity contribution in [2.24, 2.45) is 11.7 Å². The van der Waals surface area contributed by atoms with Gasteiger partial charge in [-0.05, 0) is 18.8 Å². The van der Waals surface area contributed by atoms with E-state index in [1.54, 1.807) is 0 Å². The molecule has 0 bridgehead atoms. The molecule has 0 amide bonds. The van der Waals surface area contributed by atoms with E-state index in [4.69, 9.17) is 10.8 Å². The van der Waals surface area contributed by atoms with Crippen LogP contribution in [-0.4, -0.2) is 28.3 Å². The first-order valence-electron chi connectivity index (χ1n) is 4.79. The highest BCUT2D eigenvalue weighted by atomic mass is 16.4. The Balaban J connectivity index is 2.44. The number of hydrogen-bond donors (Lipinski definition) is 3. The predicted octanol–water partition coefficient (Wildman–Crippen LogP) is 0.339. The van der Waals surface area contributed by atoms with Crippen LogP contribution in [0, 0.1) is 5.92 Å². The van der Waals surface area contributed by atoms with Gasteiger partial charge in [-0.25, -0.2) is 0 Å². The molecule has 4 heteroatoms. The molecule has 1 rings (SSSR count). The molecule has 0 aromatic carbocycles. The average molecular weight is 187 g/mol. The Kier molecular flexibility index (Phi) is 3.69. The molecule has 1 aliphatic rings. The second-order valence-electron chi connectivity index (χ2n) is 3.75. The van der Waals surface area contributed by atoms with Gasteiger partial charge in [-0.1, -0.05) is 19.3 Å². The van der Waals surface area contributed by atoms with Crippen LogP contribution in [0.2, 0.25) is 0 Å². The van der Waals surface area contributed by atoms with E-state index in [9.17, 15) is 9.90 Å². The number of rotatable bonds is 3. The van der Waals surface area contributed by atoms with Crippen LogP contribution in [-0.2, 0) is 4.79 Å². The normalized spacial score (nSPS) is 23.8. The van der Waals surface area contributed by atoms with Crippen molar-refractivity contribution in [1.29, 1.82) is 0 Å². The number of carbonyl (C=O) groups is 1. The predicted molar refractivity (Wildman–Crippen MR) is 48.2 cm³/mol. The molecule has 1 aliphatic carbocycles. The number of carboxylic acid groups (broad SMARTS) is 1. The average Bonchev–Trinajstić information content (AvgIpc) is 2.17. The molecular formula is C9H17NO3. The minimum Gasteiger partial charge on any atom is -0.480 e. The minimum atomic E-state index is -1.12. The lowest BCUT2D eigenvalue weighted by atomic mass is 9.83. The highest BCUT2D eigenvalue weighted by molar-refractivity contribution is 5.73. The fourth-order valence-electron chi connectivity index (χ4n) is 1.91. The van der Waals surface area contributed by atoms with Crippen LogP contribution >= 0.6 is 0 Å². The molecule has 76 valence electrons. The van der Waals surface area contributed by atoms with E-state index in [-0.39, 0.29) is 5.92 Å². The highest BCUT2D eigenvalue weighted by Crippen LogP contribution is 2.27. The number of hydrogen-bond acceptors (Lipinski definition) is 3. The smallest absolute Gasteiger partial charge is 0.323 e. The first-order valence-corrected chi connectivity index (χ1v) is 4.79. The molecule has 2 unspecified atom stereocenters. The number of aliphatic hydroxyl groups excluding tert-OH is 1. The lowest BCUT2D eigenvalue weighted by Gasteiger charge is -2.28. The summed E-state index contributed by atoms with van der Waals surface area (Å²) >= 11 is 0. The van der Waals surface area contributed by atoms with Crippen molar-refractivity contribution in [3.05, 3.63) is 0 Å². The van der Waals surface area contributed by atoms with E-state index < -0.39 is 18.1 Å². The molecule has 4 nitrogen and oxygen atoms in total. The fourth-order valence-corrected chi connectivity index (χ4v) is 1.91. The van der Waals surface area contributed by atoms with Crippen molar-refractivity contribution in [2.45, 2.75) is 44.2 Å². The van der Waals surface area contributed by atoms with Gasteiger partial charge in [0.1, 0.15) is 6.04 Å². The van der Waals surface area contributed by atoms with Gasteiger partial charge < -0.3 is 15.9 Å². The highest BCUT2D eigenvalue weighted by Gasteiger charge is 2.30. The first kappa shape index (κ1) is 10.5. The first-order chi connectivity index (χ1) is 6.13. The molecular weight excluding hydrogens is 170 g/mol. The van der Waals surface area contributed by atoms with Crippen LogP contribution in [0.15, 0.2) is 0 Å². The molecule has 0 spiro atoms. The van der Waals surface area contributed by atoms with Gasteiger partial charge in [0.15, 0.2) is 0 Å². The van der Waals surface area contributed by atoms with Gasteiger partial charge in [0.25, 0.3) is 0 Å². The Morgan fingerprint density at radius 3 is 2.31 bits per heavy atom. The van der Waals surface area contributed by atoms with Gasteiger partial charge in [-0.2, -0.15) is 0 Å². The van der Waals surface area contributed by atoms with Crippen molar-refractivity contribution in [3.63, 3.8) is 0 Å².